The Morgan fingerprint density at radius 1 is 1.32 bits per heavy atom. The van der Waals surface area contributed by atoms with Crippen molar-refractivity contribution in [1.82, 2.24) is 5.32 Å². The highest BCUT2D eigenvalue weighted by molar-refractivity contribution is 5.43. The number of nitrogen functional groups attached to an aromatic ring is 1. The molecule has 0 bridgehead atoms. The van der Waals surface area contributed by atoms with Gasteiger partial charge >= 0.3 is 0 Å². The average molecular weight is 264 g/mol. The van der Waals surface area contributed by atoms with E-state index in [1.807, 2.05) is 24.3 Å². The monoisotopic (exact) mass is 264 g/mol. The van der Waals surface area contributed by atoms with E-state index in [0.29, 0.717) is 12.5 Å². The van der Waals surface area contributed by atoms with E-state index in [9.17, 15) is 0 Å². The second-order valence-electron chi connectivity index (χ2n) is 5.06. The van der Waals surface area contributed by atoms with Gasteiger partial charge in [-0.25, -0.2) is 0 Å². The quantitative estimate of drug-likeness (QED) is 0.584. The van der Waals surface area contributed by atoms with Gasteiger partial charge in [-0.2, -0.15) is 0 Å². The normalized spacial score (nSPS) is 19.3. The zero-order valence-corrected chi connectivity index (χ0v) is 11.4. The molecule has 0 aromatic heterocycles. The van der Waals surface area contributed by atoms with Gasteiger partial charge in [-0.1, -0.05) is 6.07 Å². The van der Waals surface area contributed by atoms with Crippen molar-refractivity contribution in [2.45, 2.75) is 19.3 Å². The summed E-state index contributed by atoms with van der Waals surface area (Å²) in [4.78, 5) is 0. The van der Waals surface area contributed by atoms with E-state index in [-0.39, 0.29) is 0 Å². The first-order chi connectivity index (χ1) is 9.34. The van der Waals surface area contributed by atoms with Crippen LogP contribution in [0.2, 0.25) is 0 Å². The Kier molecular flexibility index (Phi) is 5.98. The molecule has 0 aliphatic carbocycles. The van der Waals surface area contributed by atoms with Gasteiger partial charge in [0.15, 0.2) is 0 Å². The molecule has 19 heavy (non-hydrogen) atoms. The minimum absolute atomic E-state index is 0.673. The highest BCUT2D eigenvalue weighted by Gasteiger charge is 2.12. The minimum atomic E-state index is 0.673. The number of nitrogens with two attached hydrogens (primary N) is 1. The van der Waals surface area contributed by atoms with E-state index in [1.54, 1.807) is 0 Å². The van der Waals surface area contributed by atoms with E-state index in [2.05, 4.69) is 5.32 Å². The van der Waals surface area contributed by atoms with E-state index in [4.69, 9.17) is 15.2 Å². The predicted octanol–water partition coefficient (Wildman–Crippen LogP) is 2.05. The van der Waals surface area contributed by atoms with Gasteiger partial charge < -0.3 is 20.5 Å². The fourth-order valence-corrected chi connectivity index (χ4v) is 2.27. The first-order valence-electron chi connectivity index (χ1n) is 7.11. The first-order valence-corrected chi connectivity index (χ1v) is 7.11. The van der Waals surface area contributed by atoms with Crippen LogP contribution in [0.3, 0.4) is 0 Å². The fourth-order valence-electron chi connectivity index (χ4n) is 2.27. The van der Waals surface area contributed by atoms with Gasteiger partial charge in [-0.05, 0) is 37.4 Å². The number of anilines is 1. The second-order valence-corrected chi connectivity index (χ2v) is 5.06. The van der Waals surface area contributed by atoms with Crippen LogP contribution in [0.4, 0.5) is 5.69 Å². The lowest BCUT2D eigenvalue weighted by atomic mass is 10.0. The van der Waals surface area contributed by atoms with Gasteiger partial charge in [0.25, 0.3) is 0 Å². The van der Waals surface area contributed by atoms with E-state index in [0.717, 1.165) is 44.2 Å². The van der Waals surface area contributed by atoms with Crippen LogP contribution in [0.25, 0.3) is 0 Å². The summed E-state index contributed by atoms with van der Waals surface area (Å²) in [6.07, 6.45) is 3.47. The van der Waals surface area contributed by atoms with Crippen LogP contribution in [0.15, 0.2) is 24.3 Å². The zero-order chi connectivity index (χ0) is 13.3. The fraction of sp³-hybridized carbons (Fsp3) is 0.600. The van der Waals surface area contributed by atoms with Crippen molar-refractivity contribution in [3.63, 3.8) is 0 Å². The van der Waals surface area contributed by atoms with Crippen LogP contribution in [0, 0.1) is 5.92 Å². The van der Waals surface area contributed by atoms with Crippen molar-refractivity contribution >= 4 is 5.69 Å². The van der Waals surface area contributed by atoms with Crippen molar-refractivity contribution in [3.05, 3.63) is 24.3 Å². The van der Waals surface area contributed by atoms with Crippen LogP contribution in [0.1, 0.15) is 19.3 Å². The summed E-state index contributed by atoms with van der Waals surface area (Å²) >= 11 is 0. The van der Waals surface area contributed by atoms with Gasteiger partial charge in [-0.3, -0.25) is 0 Å². The summed E-state index contributed by atoms with van der Waals surface area (Å²) in [7, 11) is 0. The molecule has 1 fully saturated rings. The highest BCUT2D eigenvalue weighted by atomic mass is 16.5. The predicted molar refractivity (Wildman–Crippen MR) is 77.4 cm³/mol. The van der Waals surface area contributed by atoms with Crippen LogP contribution in [-0.4, -0.2) is 32.9 Å². The van der Waals surface area contributed by atoms with Crippen LogP contribution in [-0.2, 0) is 4.74 Å². The number of piperidine rings is 1. The molecule has 1 saturated heterocycles. The third-order valence-corrected chi connectivity index (χ3v) is 3.31. The Balaban J connectivity index is 1.50. The molecule has 0 amide bonds. The summed E-state index contributed by atoms with van der Waals surface area (Å²) in [6, 6.07) is 7.52. The number of hydrogen-bond donors (Lipinski definition) is 2. The lowest BCUT2D eigenvalue weighted by Gasteiger charge is -2.22. The molecule has 1 aromatic rings. The largest absolute Gasteiger partial charge is 0.493 e. The van der Waals surface area contributed by atoms with E-state index < -0.39 is 0 Å². The number of ether oxygens (including phenoxy) is 2. The van der Waals surface area contributed by atoms with Gasteiger partial charge in [0.2, 0.25) is 0 Å². The Morgan fingerprint density at radius 3 is 3.05 bits per heavy atom. The maximum absolute atomic E-state index is 5.69. The molecular weight excluding hydrogens is 240 g/mol. The molecule has 106 valence electrons. The Labute approximate surface area is 115 Å². The summed E-state index contributed by atoms with van der Waals surface area (Å²) in [5.41, 5.74) is 6.42. The summed E-state index contributed by atoms with van der Waals surface area (Å²) in [6.45, 7) is 4.56. The Hall–Kier alpha value is -1.26. The van der Waals surface area contributed by atoms with Gasteiger partial charge in [0.1, 0.15) is 5.75 Å². The maximum Gasteiger partial charge on any atom is 0.121 e. The number of nitrogens with one attached hydrogen (secondary N) is 1. The average Bonchev–Trinajstić information content (AvgIpc) is 2.44. The molecule has 1 heterocycles. The minimum Gasteiger partial charge on any atom is -0.493 e. The summed E-state index contributed by atoms with van der Waals surface area (Å²) in [5, 5.41) is 3.40. The molecule has 1 aliphatic heterocycles. The van der Waals surface area contributed by atoms with Crippen LogP contribution < -0.4 is 15.8 Å². The van der Waals surface area contributed by atoms with Crippen molar-refractivity contribution in [1.29, 1.82) is 0 Å². The standard InChI is InChI=1S/C15H24N2O2/c16-14-5-1-6-15(10-14)19-9-3-8-18-12-13-4-2-7-17-11-13/h1,5-6,10,13,17H,2-4,7-9,11-12,16H2. The molecule has 1 aromatic carbocycles. The van der Waals surface area contributed by atoms with Gasteiger partial charge in [-0.15, -0.1) is 0 Å². The lowest BCUT2D eigenvalue weighted by Crippen LogP contribution is -2.32. The highest BCUT2D eigenvalue weighted by Crippen LogP contribution is 2.14. The van der Waals surface area contributed by atoms with Crippen molar-refractivity contribution in [2.24, 2.45) is 5.92 Å². The first kappa shape index (κ1) is 14.2. The third kappa shape index (κ3) is 5.49. The number of rotatable bonds is 7. The molecule has 1 atom stereocenters. The van der Waals surface area contributed by atoms with E-state index in [1.165, 1.54) is 12.8 Å². The van der Waals surface area contributed by atoms with Crippen molar-refractivity contribution in [3.8, 4) is 5.75 Å². The molecule has 0 radical (unpaired) electrons. The van der Waals surface area contributed by atoms with Gasteiger partial charge in [0, 0.05) is 31.3 Å². The van der Waals surface area contributed by atoms with Crippen molar-refractivity contribution < 1.29 is 9.47 Å². The van der Waals surface area contributed by atoms with Gasteiger partial charge in [0.05, 0.1) is 13.2 Å². The molecule has 1 unspecified atom stereocenters. The number of benzene rings is 1. The molecule has 4 heteroatoms. The third-order valence-electron chi connectivity index (χ3n) is 3.31. The molecule has 2 rings (SSSR count). The Bertz CT molecular complexity index is 365. The lowest BCUT2D eigenvalue weighted by molar-refractivity contribution is 0.0807. The maximum atomic E-state index is 5.69. The smallest absolute Gasteiger partial charge is 0.121 e. The molecular formula is C15H24N2O2. The SMILES string of the molecule is Nc1cccc(OCCCOCC2CCCNC2)c1. The summed E-state index contributed by atoms with van der Waals surface area (Å²) < 4.78 is 11.3. The zero-order valence-electron chi connectivity index (χ0n) is 11.4. The van der Waals surface area contributed by atoms with Crippen molar-refractivity contribution in [2.75, 3.05) is 38.6 Å². The summed E-state index contributed by atoms with van der Waals surface area (Å²) in [5.74, 6) is 1.51. The topological polar surface area (TPSA) is 56.5 Å². The number of hydrogen-bond acceptors (Lipinski definition) is 4. The second kappa shape index (κ2) is 8.02. The van der Waals surface area contributed by atoms with E-state index >= 15 is 0 Å². The molecule has 0 saturated carbocycles. The van der Waals surface area contributed by atoms with Crippen LogP contribution in [0.5, 0.6) is 5.75 Å². The Morgan fingerprint density at radius 2 is 2.26 bits per heavy atom. The van der Waals surface area contributed by atoms with Crippen LogP contribution >= 0.6 is 0 Å². The molecule has 4 nitrogen and oxygen atoms in total. The molecule has 3 N–H and O–H groups in total. The molecule has 0 spiro atoms. The molecule has 1 aliphatic rings.